The van der Waals surface area contributed by atoms with Crippen molar-refractivity contribution in [2.24, 2.45) is 0 Å². The summed E-state index contributed by atoms with van der Waals surface area (Å²) in [7, 11) is 0. The fraction of sp³-hybridized carbons (Fsp3) is 0.273. The molecular weight excluding hydrogens is 341 g/mol. The second-order valence-electron chi connectivity index (χ2n) is 7.19. The molecule has 2 heterocycles. The van der Waals surface area contributed by atoms with Crippen LogP contribution in [-0.4, -0.2) is 29.7 Å². The van der Waals surface area contributed by atoms with Gasteiger partial charge >= 0.3 is 0 Å². The summed E-state index contributed by atoms with van der Waals surface area (Å²) in [5.41, 5.74) is 4.03. The van der Waals surface area contributed by atoms with Crippen molar-refractivity contribution in [3.05, 3.63) is 77.9 Å². The number of aromatic nitrogens is 2. The maximum Gasteiger partial charge on any atom is 0.148 e. The van der Waals surface area contributed by atoms with Crippen LogP contribution in [0.4, 0.5) is 10.2 Å². The van der Waals surface area contributed by atoms with Crippen LogP contribution < -0.4 is 4.90 Å². The number of fused-ring (bicyclic) bond motifs is 2. The van der Waals surface area contributed by atoms with Crippen LogP contribution in [-0.2, 0) is 16.8 Å². The van der Waals surface area contributed by atoms with Crippen LogP contribution >= 0.6 is 0 Å². The normalized spacial score (nSPS) is 21.4. The van der Waals surface area contributed by atoms with Crippen LogP contribution in [0.2, 0.25) is 0 Å². The van der Waals surface area contributed by atoms with Gasteiger partial charge in [0.25, 0.3) is 0 Å². The number of ether oxygens (including phenoxy) is 1. The van der Waals surface area contributed by atoms with Crippen LogP contribution in [0.15, 0.2) is 60.9 Å². The molecule has 5 heteroatoms. The van der Waals surface area contributed by atoms with Gasteiger partial charge in [0.1, 0.15) is 17.2 Å². The van der Waals surface area contributed by atoms with Crippen molar-refractivity contribution in [3.8, 4) is 11.3 Å². The van der Waals surface area contributed by atoms with Crippen molar-refractivity contribution < 1.29 is 9.13 Å². The molecule has 1 fully saturated rings. The molecule has 0 saturated carbocycles. The number of benzene rings is 2. The largest absolute Gasteiger partial charge is 0.367 e. The van der Waals surface area contributed by atoms with Gasteiger partial charge in [-0.25, -0.2) is 9.37 Å². The first-order valence-electron chi connectivity index (χ1n) is 9.29. The van der Waals surface area contributed by atoms with Crippen LogP contribution in [0.25, 0.3) is 11.3 Å². The number of hydrogen-bond donors (Lipinski definition) is 0. The van der Waals surface area contributed by atoms with Gasteiger partial charge in [-0.15, -0.1) is 0 Å². The molecule has 0 amide bonds. The summed E-state index contributed by atoms with van der Waals surface area (Å²) in [6.45, 7) is 2.22. The van der Waals surface area contributed by atoms with E-state index >= 15 is 0 Å². The highest BCUT2D eigenvalue weighted by atomic mass is 19.1. The van der Waals surface area contributed by atoms with Gasteiger partial charge in [0, 0.05) is 12.1 Å². The first kappa shape index (κ1) is 16.4. The molecule has 3 aromatic rings. The molecule has 1 unspecified atom stereocenters. The van der Waals surface area contributed by atoms with Crippen molar-refractivity contribution in [1.82, 2.24) is 9.97 Å². The maximum atomic E-state index is 13.2. The molecule has 0 bridgehead atoms. The second kappa shape index (κ2) is 6.43. The third-order valence-electron chi connectivity index (χ3n) is 5.58. The SMILES string of the molecule is Fc1ccc(-c2cncc(N3CCOC4(CCc5ccccc54)C3)n2)cc1. The highest BCUT2D eigenvalue weighted by molar-refractivity contribution is 5.60. The summed E-state index contributed by atoms with van der Waals surface area (Å²) in [5, 5.41) is 0. The molecule has 2 aliphatic rings. The third-order valence-corrected chi connectivity index (χ3v) is 5.58. The maximum absolute atomic E-state index is 13.2. The monoisotopic (exact) mass is 361 g/mol. The number of nitrogens with zero attached hydrogens (tertiary/aromatic N) is 3. The quantitative estimate of drug-likeness (QED) is 0.692. The van der Waals surface area contributed by atoms with Gasteiger partial charge in [-0.05, 0) is 48.2 Å². The summed E-state index contributed by atoms with van der Waals surface area (Å²) < 4.78 is 19.5. The van der Waals surface area contributed by atoms with E-state index in [-0.39, 0.29) is 11.4 Å². The second-order valence-corrected chi connectivity index (χ2v) is 7.19. The topological polar surface area (TPSA) is 38.2 Å². The van der Waals surface area contributed by atoms with Gasteiger partial charge in [0.05, 0.1) is 31.2 Å². The van der Waals surface area contributed by atoms with Crippen molar-refractivity contribution in [1.29, 1.82) is 0 Å². The fourth-order valence-electron chi connectivity index (χ4n) is 4.22. The fourth-order valence-corrected chi connectivity index (χ4v) is 4.22. The molecule has 5 rings (SSSR count). The van der Waals surface area contributed by atoms with E-state index < -0.39 is 0 Å². The summed E-state index contributed by atoms with van der Waals surface area (Å²) in [4.78, 5) is 11.4. The Kier molecular flexibility index (Phi) is 3.90. The zero-order chi connectivity index (χ0) is 18.3. The Bertz CT molecular complexity index is 971. The minimum Gasteiger partial charge on any atom is -0.367 e. The summed E-state index contributed by atoms with van der Waals surface area (Å²) in [6, 6.07) is 14.9. The molecule has 4 nitrogen and oxygen atoms in total. The zero-order valence-corrected chi connectivity index (χ0v) is 14.9. The van der Waals surface area contributed by atoms with E-state index in [1.807, 2.05) is 0 Å². The van der Waals surface area contributed by atoms with Crippen LogP contribution in [0.5, 0.6) is 0 Å². The van der Waals surface area contributed by atoms with E-state index in [1.54, 1.807) is 24.5 Å². The Morgan fingerprint density at radius 2 is 1.89 bits per heavy atom. The van der Waals surface area contributed by atoms with Crippen molar-refractivity contribution >= 4 is 5.82 Å². The molecule has 0 radical (unpaired) electrons. The molecule has 0 N–H and O–H groups in total. The van der Waals surface area contributed by atoms with Gasteiger partial charge in [-0.1, -0.05) is 24.3 Å². The molecule has 1 aliphatic carbocycles. The smallest absolute Gasteiger partial charge is 0.148 e. The number of rotatable bonds is 2. The molecular formula is C22H20FN3O. The summed E-state index contributed by atoms with van der Waals surface area (Å²) in [6.07, 6.45) is 5.56. The Hall–Kier alpha value is -2.79. The standard InChI is InChI=1S/C22H20FN3O/c23-18-7-5-17(6-8-18)20-13-24-14-21(25-20)26-11-12-27-22(15-26)10-9-16-3-1-2-4-19(16)22/h1-8,13-14H,9-12,15H2. The van der Waals surface area contributed by atoms with Gasteiger partial charge < -0.3 is 9.64 Å². The van der Waals surface area contributed by atoms with E-state index in [9.17, 15) is 4.39 Å². The predicted octanol–water partition coefficient (Wildman–Crippen LogP) is 3.96. The van der Waals surface area contributed by atoms with Gasteiger partial charge in [0.2, 0.25) is 0 Å². The molecule has 136 valence electrons. The molecule has 1 saturated heterocycles. The number of morpholine rings is 1. The van der Waals surface area contributed by atoms with E-state index in [0.717, 1.165) is 43.0 Å². The summed E-state index contributed by atoms with van der Waals surface area (Å²) in [5.74, 6) is 0.585. The van der Waals surface area contributed by atoms with E-state index in [4.69, 9.17) is 9.72 Å². The number of hydrogen-bond acceptors (Lipinski definition) is 4. The highest BCUT2D eigenvalue weighted by Crippen LogP contribution is 2.42. The Balaban J connectivity index is 1.46. The average molecular weight is 361 g/mol. The molecule has 27 heavy (non-hydrogen) atoms. The summed E-state index contributed by atoms with van der Waals surface area (Å²) >= 11 is 0. The lowest BCUT2D eigenvalue weighted by Gasteiger charge is -2.41. The zero-order valence-electron chi connectivity index (χ0n) is 14.9. The minimum atomic E-state index is -0.262. The number of halogens is 1. The van der Waals surface area contributed by atoms with Gasteiger partial charge in [-0.2, -0.15) is 0 Å². The molecule has 2 aromatic carbocycles. The van der Waals surface area contributed by atoms with E-state index in [1.165, 1.54) is 23.3 Å². The first-order chi connectivity index (χ1) is 13.2. The lowest BCUT2D eigenvalue weighted by molar-refractivity contribution is -0.0594. The minimum absolute atomic E-state index is 0.252. The number of aryl methyl sites for hydroxylation is 1. The van der Waals surface area contributed by atoms with Crippen molar-refractivity contribution in [3.63, 3.8) is 0 Å². The van der Waals surface area contributed by atoms with Gasteiger partial charge in [-0.3, -0.25) is 4.98 Å². The molecule has 1 atom stereocenters. The van der Waals surface area contributed by atoms with E-state index in [2.05, 4.69) is 34.1 Å². The first-order valence-corrected chi connectivity index (χ1v) is 9.29. The molecule has 1 aliphatic heterocycles. The predicted molar refractivity (Wildman–Crippen MR) is 102 cm³/mol. The van der Waals surface area contributed by atoms with Crippen molar-refractivity contribution in [2.45, 2.75) is 18.4 Å². The van der Waals surface area contributed by atoms with Gasteiger partial charge in [0.15, 0.2) is 0 Å². The third kappa shape index (κ3) is 2.88. The highest BCUT2D eigenvalue weighted by Gasteiger charge is 2.43. The van der Waals surface area contributed by atoms with Crippen LogP contribution in [0.3, 0.4) is 0 Å². The number of anilines is 1. The average Bonchev–Trinajstić information content (AvgIpc) is 3.07. The van der Waals surface area contributed by atoms with Crippen LogP contribution in [0.1, 0.15) is 17.5 Å². The lowest BCUT2D eigenvalue weighted by atomic mass is 9.93. The Labute approximate surface area is 157 Å². The van der Waals surface area contributed by atoms with E-state index in [0.29, 0.717) is 6.61 Å². The Morgan fingerprint density at radius 1 is 1.04 bits per heavy atom. The van der Waals surface area contributed by atoms with Crippen molar-refractivity contribution in [2.75, 3.05) is 24.6 Å². The molecule has 1 spiro atoms. The Morgan fingerprint density at radius 3 is 2.78 bits per heavy atom. The van der Waals surface area contributed by atoms with Crippen LogP contribution in [0, 0.1) is 5.82 Å². The lowest BCUT2D eigenvalue weighted by Crippen LogP contribution is -2.49. The molecule has 1 aromatic heterocycles.